The van der Waals surface area contributed by atoms with Crippen molar-refractivity contribution in [2.75, 3.05) is 0 Å². The highest BCUT2D eigenvalue weighted by Gasteiger charge is 2.47. The van der Waals surface area contributed by atoms with Gasteiger partial charge in [0.05, 0.1) is 12.1 Å². The van der Waals surface area contributed by atoms with Crippen molar-refractivity contribution in [3.05, 3.63) is 94.3 Å². The van der Waals surface area contributed by atoms with Crippen molar-refractivity contribution in [2.24, 2.45) is 5.92 Å². The zero-order chi connectivity index (χ0) is 20.7. The van der Waals surface area contributed by atoms with E-state index >= 15 is 0 Å². The Labute approximate surface area is 176 Å². The Hall–Kier alpha value is -3.34. The van der Waals surface area contributed by atoms with Crippen LogP contribution in [0.1, 0.15) is 24.5 Å². The van der Waals surface area contributed by atoms with Crippen molar-refractivity contribution in [2.45, 2.75) is 38.3 Å². The normalized spacial score (nSPS) is 23.1. The van der Waals surface area contributed by atoms with Gasteiger partial charge in [0.15, 0.2) is 0 Å². The second-order valence-corrected chi connectivity index (χ2v) is 8.17. The van der Waals surface area contributed by atoms with Gasteiger partial charge < -0.3 is 16.0 Å². The minimum atomic E-state index is -0.169. The van der Waals surface area contributed by atoms with Gasteiger partial charge in [0, 0.05) is 28.5 Å². The predicted molar refractivity (Wildman–Crippen MR) is 115 cm³/mol. The molecule has 3 aliphatic rings. The molecule has 3 N–H and O–H groups in total. The summed E-state index contributed by atoms with van der Waals surface area (Å²) >= 11 is 0. The van der Waals surface area contributed by atoms with Gasteiger partial charge in [-0.15, -0.1) is 0 Å². The van der Waals surface area contributed by atoms with Crippen molar-refractivity contribution in [3.8, 4) is 0 Å². The molecule has 3 heterocycles. The molecule has 0 unspecified atom stereocenters. The van der Waals surface area contributed by atoms with Crippen molar-refractivity contribution < 1.29 is 9.59 Å². The first-order chi connectivity index (χ1) is 14.7. The van der Waals surface area contributed by atoms with E-state index in [4.69, 9.17) is 0 Å². The van der Waals surface area contributed by atoms with Crippen molar-refractivity contribution in [1.29, 1.82) is 0 Å². The van der Waals surface area contributed by atoms with Gasteiger partial charge >= 0.3 is 0 Å². The van der Waals surface area contributed by atoms with Crippen molar-refractivity contribution in [3.63, 3.8) is 0 Å². The van der Waals surface area contributed by atoms with Gasteiger partial charge in [-0.25, -0.2) is 0 Å². The first-order valence-corrected chi connectivity index (χ1v) is 10.6. The topological polar surface area (TPSA) is 70.2 Å². The van der Waals surface area contributed by atoms with E-state index in [2.05, 4.69) is 40.2 Å². The fourth-order valence-corrected chi connectivity index (χ4v) is 4.94. The van der Waals surface area contributed by atoms with Crippen LogP contribution in [-0.2, 0) is 22.4 Å². The Bertz CT molecular complexity index is 973. The molecule has 30 heavy (non-hydrogen) atoms. The minimum absolute atomic E-state index is 0.0591. The third-order valence-electron chi connectivity index (χ3n) is 6.32. The van der Waals surface area contributed by atoms with Gasteiger partial charge in [0.25, 0.3) is 0 Å². The Morgan fingerprint density at radius 1 is 0.700 bits per heavy atom. The average molecular weight is 399 g/mol. The molecule has 0 saturated carbocycles. The molecule has 3 aliphatic heterocycles. The molecule has 0 saturated heterocycles. The summed E-state index contributed by atoms with van der Waals surface area (Å²) in [6.07, 6.45) is 2.17. The molecule has 0 spiro atoms. The van der Waals surface area contributed by atoms with Crippen LogP contribution in [0.5, 0.6) is 0 Å². The smallest absolute Gasteiger partial charge is 0.250 e. The first-order valence-electron chi connectivity index (χ1n) is 10.6. The summed E-state index contributed by atoms with van der Waals surface area (Å²) in [6, 6.07) is 20.1. The van der Waals surface area contributed by atoms with Crippen LogP contribution in [0.3, 0.4) is 0 Å². The number of carbonyl (C=O) groups is 2. The molecule has 2 amide bonds. The molecule has 2 atom stereocenters. The summed E-state index contributed by atoms with van der Waals surface area (Å²) in [5.74, 6) is -0.287. The highest BCUT2D eigenvalue weighted by atomic mass is 16.2. The van der Waals surface area contributed by atoms with Gasteiger partial charge in [-0.05, 0) is 30.4 Å². The average Bonchev–Trinajstić information content (AvgIpc) is 3.25. The largest absolute Gasteiger partial charge is 0.358 e. The standard InChI is InChI=1S/C25H25N3O2/c1-2-17-20-22(18(26-24(20)29)13-15-9-5-3-6-10-15)28-23-19(27-25(30)21(17)23)14-16-11-7-4-8-12-16/h3-12,17-19,28H,2,13-14H2,1H3,(H,26,29)(H,27,30)/t18-,19-/m0/s1. The fourth-order valence-electron chi connectivity index (χ4n) is 4.94. The number of rotatable bonds is 5. The molecular weight excluding hydrogens is 374 g/mol. The predicted octanol–water partition coefficient (Wildman–Crippen LogP) is 2.61. The van der Waals surface area contributed by atoms with Crippen LogP contribution in [0.2, 0.25) is 0 Å². The maximum Gasteiger partial charge on any atom is 0.250 e. The molecule has 0 fully saturated rings. The summed E-state index contributed by atoms with van der Waals surface area (Å²) in [6.45, 7) is 2.04. The SMILES string of the molecule is CCC1C2=C(NC3=C1C(=O)N[C@H]3Cc1ccccc1)[C@H](Cc1ccccc1)NC2=O. The number of hydrogen-bond acceptors (Lipinski definition) is 3. The van der Waals surface area contributed by atoms with Crippen LogP contribution in [0, 0.1) is 5.92 Å². The number of carbonyl (C=O) groups excluding carboxylic acids is 2. The van der Waals surface area contributed by atoms with Gasteiger partial charge in [0.2, 0.25) is 11.8 Å². The van der Waals surface area contributed by atoms with E-state index in [1.165, 1.54) is 11.1 Å². The lowest BCUT2D eigenvalue weighted by Crippen LogP contribution is -2.38. The summed E-state index contributed by atoms with van der Waals surface area (Å²) < 4.78 is 0. The van der Waals surface area contributed by atoms with E-state index in [-0.39, 0.29) is 29.8 Å². The zero-order valence-electron chi connectivity index (χ0n) is 16.9. The van der Waals surface area contributed by atoms with Gasteiger partial charge in [-0.1, -0.05) is 67.6 Å². The molecule has 2 aromatic carbocycles. The highest BCUT2D eigenvalue weighted by Crippen LogP contribution is 2.40. The van der Waals surface area contributed by atoms with Crippen LogP contribution in [-0.4, -0.2) is 23.9 Å². The summed E-state index contributed by atoms with van der Waals surface area (Å²) in [4.78, 5) is 25.8. The van der Waals surface area contributed by atoms with Crippen LogP contribution in [0.15, 0.2) is 83.2 Å². The Morgan fingerprint density at radius 3 is 1.53 bits per heavy atom. The minimum Gasteiger partial charge on any atom is -0.358 e. The third-order valence-corrected chi connectivity index (χ3v) is 6.32. The Kier molecular flexibility index (Phi) is 4.66. The maximum absolute atomic E-state index is 12.9. The van der Waals surface area contributed by atoms with Gasteiger partial charge in [0.1, 0.15) is 0 Å². The van der Waals surface area contributed by atoms with Crippen molar-refractivity contribution >= 4 is 11.8 Å². The first kappa shape index (κ1) is 18.7. The van der Waals surface area contributed by atoms with Crippen LogP contribution >= 0.6 is 0 Å². The third kappa shape index (κ3) is 3.11. The van der Waals surface area contributed by atoms with Crippen LogP contribution in [0.4, 0.5) is 0 Å². The molecule has 0 radical (unpaired) electrons. The molecule has 152 valence electrons. The lowest BCUT2D eigenvalue weighted by Gasteiger charge is -2.28. The lowest BCUT2D eigenvalue weighted by atomic mass is 9.82. The number of benzene rings is 2. The highest BCUT2D eigenvalue weighted by molar-refractivity contribution is 6.05. The number of nitrogens with one attached hydrogen (secondary N) is 3. The monoisotopic (exact) mass is 399 g/mol. The second-order valence-electron chi connectivity index (χ2n) is 8.17. The molecule has 5 rings (SSSR count). The number of amides is 2. The quantitative estimate of drug-likeness (QED) is 0.724. The van der Waals surface area contributed by atoms with Gasteiger partial charge in [-0.2, -0.15) is 0 Å². The Morgan fingerprint density at radius 2 is 1.13 bits per heavy atom. The van der Waals surface area contributed by atoms with Crippen LogP contribution in [0.25, 0.3) is 0 Å². The maximum atomic E-state index is 12.9. The molecular formula is C25H25N3O2. The molecule has 5 heteroatoms. The van der Waals surface area contributed by atoms with E-state index in [1.54, 1.807) is 0 Å². The molecule has 0 bridgehead atoms. The van der Waals surface area contributed by atoms with Crippen molar-refractivity contribution in [1.82, 2.24) is 16.0 Å². The second kappa shape index (κ2) is 7.48. The molecule has 5 nitrogen and oxygen atoms in total. The Balaban J connectivity index is 1.47. The van der Waals surface area contributed by atoms with E-state index in [0.717, 1.165) is 41.8 Å². The number of hydrogen-bond donors (Lipinski definition) is 3. The molecule has 2 aromatic rings. The molecule has 0 aromatic heterocycles. The molecule has 0 aliphatic carbocycles. The lowest BCUT2D eigenvalue weighted by molar-refractivity contribution is -0.117. The summed E-state index contributed by atoms with van der Waals surface area (Å²) in [5, 5.41) is 9.82. The van der Waals surface area contributed by atoms with E-state index in [9.17, 15) is 9.59 Å². The van der Waals surface area contributed by atoms with E-state index in [1.807, 2.05) is 43.3 Å². The summed E-state index contributed by atoms with van der Waals surface area (Å²) in [5.41, 5.74) is 5.67. The summed E-state index contributed by atoms with van der Waals surface area (Å²) in [7, 11) is 0. The number of dihydropyridines is 1. The van der Waals surface area contributed by atoms with Gasteiger partial charge in [-0.3, -0.25) is 9.59 Å². The van der Waals surface area contributed by atoms with E-state index in [0.29, 0.717) is 0 Å². The zero-order valence-corrected chi connectivity index (χ0v) is 16.9. The van der Waals surface area contributed by atoms with Crippen LogP contribution < -0.4 is 16.0 Å². The fraction of sp³-hybridized carbons (Fsp3) is 0.280. The van der Waals surface area contributed by atoms with E-state index < -0.39 is 0 Å².